The molecule has 1 heterocycles. The SMILES string of the molecule is CCCOc1ccc(/C=C/C(=O)Nc2ccc(OCc3nccn3C)cc2)cc1. The van der Waals surface area contributed by atoms with Crippen LogP contribution < -0.4 is 14.8 Å². The molecule has 3 rings (SSSR count). The fourth-order valence-electron chi connectivity index (χ4n) is 2.57. The number of aromatic nitrogens is 2. The van der Waals surface area contributed by atoms with Crippen molar-refractivity contribution in [3.05, 3.63) is 78.4 Å². The summed E-state index contributed by atoms with van der Waals surface area (Å²) in [5.41, 5.74) is 1.63. The Morgan fingerprint density at radius 2 is 1.76 bits per heavy atom. The summed E-state index contributed by atoms with van der Waals surface area (Å²) >= 11 is 0. The Kier molecular flexibility index (Phi) is 7.05. The first-order valence-electron chi connectivity index (χ1n) is 9.55. The number of carbonyl (C=O) groups is 1. The van der Waals surface area contributed by atoms with E-state index in [2.05, 4.69) is 17.2 Å². The molecule has 0 bridgehead atoms. The molecular formula is C23H25N3O3. The standard InChI is InChI=1S/C23H25N3O3/c1-3-16-28-20-9-4-18(5-10-20)6-13-23(27)25-19-7-11-21(12-8-19)29-17-22-24-14-15-26(22)2/h4-15H,3,16-17H2,1-2H3,(H,25,27)/b13-6+. The van der Waals surface area contributed by atoms with E-state index >= 15 is 0 Å². The van der Waals surface area contributed by atoms with Crippen LogP contribution in [0.3, 0.4) is 0 Å². The van der Waals surface area contributed by atoms with Gasteiger partial charge in [0.25, 0.3) is 0 Å². The molecule has 0 radical (unpaired) electrons. The smallest absolute Gasteiger partial charge is 0.248 e. The maximum atomic E-state index is 12.1. The minimum Gasteiger partial charge on any atom is -0.494 e. The molecule has 0 saturated carbocycles. The molecule has 0 aliphatic rings. The van der Waals surface area contributed by atoms with Crippen LogP contribution in [-0.2, 0) is 18.4 Å². The molecule has 0 spiro atoms. The topological polar surface area (TPSA) is 65.4 Å². The predicted octanol–water partition coefficient (Wildman–Crippen LogP) is 4.44. The first-order valence-corrected chi connectivity index (χ1v) is 9.55. The molecule has 0 saturated heterocycles. The third kappa shape index (κ3) is 6.24. The lowest BCUT2D eigenvalue weighted by atomic mass is 10.2. The molecule has 0 aliphatic carbocycles. The zero-order valence-electron chi connectivity index (χ0n) is 16.7. The number of rotatable bonds is 9. The van der Waals surface area contributed by atoms with E-state index in [1.54, 1.807) is 24.4 Å². The van der Waals surface area contributed by atoms with Crippen LogP contribution in [0.2, 0.25) is 0 Å². The zero-order chi connectivity index (χ0) is 20.5. The van der Waals surface area contributed by atoms with Crippen LogP contribution in [0.15, 0.2) is 67.0 Å². The maximum Gasteiger partial charge on any atom is 0.248 e. The van der Waals surface area contributed by atoms with Gasteiger partial charge in [-0.1, -0.05) is 19.1 Å². The van der Waals surface area contributed by atoms with Crippen molar-refractivity contribution >= 4 is 17.7 Å². The second-order valence-corrected chi connectivity index (χ2v) is 6.51. The summed E-state index contributed by atoms with van der Waals surface area (Å²) in [6.45, 7) is 3.16. The highest BCUT2D eigenvalue weighted by atomic mass is 16.5. The highest BCUT2D eigenvalue weighted by Gasteiger charge is 2.02. The van der Waals surface area contributed by atoms with Crippen LogP contribution in [-0.4, -0.2) is 22.1 Å². The summed E-state index contributed by atoms with van der Waals surface area (Å²) in [7, 11) is 1.92. The molecule has 1 aromatic heterocycles. The minimum atomic E-state index is -0.196. The van der Waals surface area contributed by atoms with Crippen molar-refractivity contribution in [3.8, 4) is 11.5 Å². The third-order valence-electron chi connectivity index (χ3n) is 4.19. The Morgan fingerprint density at radius 3 is 2.41 bits per heavy atom. The minimum absolute atomic E-state index is 0.196. The Labute approximate surface area is 170 Å². The van der Waals surface area contributed by atoms with Crippen molar-refractivity contribution < 1.29 is 14.3 Å². The number of carbonyl (C=O) groups excluding carboxylic acids is 1. The van der Waals surface area contributed by atoms with E-state index in [0.717, 1.165) is 23.6 Å². The van der Waals surface area contributed by atoms with Crippen LogP contribution in [0, 0.1) is 0 Å². The number of ether oxygens (including phenoxy) is 2. The molecule has 0 unspecified atom stereocenters. The molecule has 29 heavy (non-hydrogen) atoms. The van der Waals surface area contributed by atoms with Gasteiger partial charge in [-0.15, -0.1) is 0 Å². The van der Waals surface area contributed by atoms with E-state index < -0.39 is 0 Å². The van der Waals surface area contributed by atoms with E-state index in [4.69, 9.17) is 9.47 Å². The molecule has 0 atom stereocenters. The van der Waals surface area contributed by atoms with Gasteiger partial charge in [0.2, 0.25) is 5.91 Å². The third-order valence-corrected chi connectivity index (χ3v) is 4.19. The average molecular weight is 391 g/mol. The first kappa shape index (κ1) is 20.2. The number of benzene rings is 2. The highest BCUT2D eigenvalue weighted by Crippen LogP contribution is 2.17. The van der Waals surface area contributed by atoms with Gasteiger partial charge in [-0.2, -0.15) is 0 Å². The summed E-state index contributed by atoms with van der Waals surface area (Å²) in [5.74, 6) is 2.20. The number of amides is 1. The van der Waals surface area contributed by atoms with Crippen molar-refractivity contribution in [2.45, 2.75) is 20.0 Å². The largest absolute Gasteiger partial charge is 0.494 e. The predicted molar refractivity (Wildman–Crippen MR) is 114 cm³/mol. The lowest BCUT2D eigenvalue weighted by molar-refractivity contribution is -0.111. The lowest BCUT2D eigenvalue weighted by Gasteiger charge is -2.07. The van der Waals surface area contributed by atoms with Crippen LogP contribution in [0.5, 0.6) is 11.5 Å². The molecule has 0 fully saturated rings. The zero-order valence-corrected chi connectivity index (χ0v) is 16.7. The summed E-state index contributed by atoms with van der Waals surface area (Å²) in [6.07, 6.45) is 7.86. The monoisotopic (exact) mass is 391 g/mol. The molecule has 6 heteroatoms. The van der Waals surface area contributed by atoms with E-state index in [1.165, 1.54) is 6.08 Å². The summed E-state index contributed by atoms with van der Waals surface area (Å²) in [6, 6.07) is 14.9. The number of hydrogen-bond donors (Lipinski definition) is 1. The summed E-state index contributed by atoms with van der Waals surface area (Å²) in [5, 5.41) is 2.83. The molecule has 6 nitrogen and oxygen atoms in total. The van der Waals surface area contributed by atoms with Crippen molar-refractivity contribution in [2.24, 2.45) is 7.05 Å². The fraction of sp³-hybridized carbons (Fsp3) is 0.217. The average Bonchev–Trinajstić information content (AvgIpc) is 3.16. The molecule has 1 amide bonds. The Morgan fingerprint density at radius 1 is 1.07 bits per heavy atom. The van der Waals surface area contributed by atoms with Gasteiger partial charge in [-0.25, -0.2) is 4.98 Å². The number of hydrogen-bond acceptors (Lipinski definition) is 4. The molecule has 150 valence electrons. The number of imidazole rings is 1. The van der Waals surface area contributed by atoms with Gasteiger partial charge >= 0.3 is 0 Å². The van der Waals surface area contributed by atoms with Gasteiger partial charge < -0.3 is 19.4 Å². The van der Waals surface area contributed by atoms with E-state index in [0.29, 0.717) is 24.7 Å². The van der Waals surface area contributed by atoms with E-state index in [9.17, 15) is 4.79 Å². The van der Waals surface area contributed by atoms with Gasteiger partial charge in [0.05, 0.1) is 6.61 Å². The molecule has 0 aliphatic heterocycles. The van der Waals surface area contributed by atoms with Crippen LogP contribution >= 0.6 is 0 Å². The van der Waals surface area contributed by atoms with Crippen LogP contribution in [0.4, 0.5) is 5.69 Å². The Bertz CT molecular complexity index is 944. The maximum absolute atomic E-state index is 12.1. The number of nitrogens with one attached hydrogen (secondary N) is 1. The van der Waals surface area contributed by atoms with Crippen LogP contribution in [0.1, 0.15) is 24.7 Å². The second kappa shape index (κ2) is 10.1. The Balaban J connectivity index is 1.48. The number of nitrogens with zero attached hydrogens (tertiary/aromatic N) is 2. The molecule has 3 aromatic rings. The van der Waals surface area contributed by atoms with E-state index in [1.807, 2.05) is 54.2 Å². The second-order valence-electron chi connectivity index (χ2n) is 6.51. The van der Waals surface area contributed by atoms with Gasteiger partial charge in [0.1, 0.15) is 23.9 Å². The van der Waals surface area contributed by atoms with Crippen molar-refractivity contribution in [1.29, 1.82) is 0 Å². The van der Waals surface area contributed by atoms with Crippen molar-refractivity contribution in [1.82, 2.24) is 9.55 Å². The van der Waals surface area contributed by atoms with Crippen molar-refractivity contribution in [3.63, 3.8) is 0 Å². The van der Waals surface area contributed by atoms with Gasteiger partial charge in [0, 0.05) is 31.2 Å². The molecule has 2 aromatic carbocycles. The Hall–Kier alpha value is -3.54. The normalized spacial score (nSPS) is 10.8. The summed E-state index contributed by atoms with van der Waals surface area (Å²) in [4.78, 5) is 16.4. The molecular weight excluding hydrogens is 366 g/mol. The number of anilines is 1. The van der Waals surface area contributed by atoms with Gasteiger partial charge in [0.15, 0.2) is 0 Å². The fourth-order valence-corrected chi connectivity index (χ4v) is 2.57. The quantitative estimate of drug-likeness (QED) is 0.548. The summed E-state index contributed by atoms with van der Waals surface area (Å²) < 4.78 is 13.2. The van der Waals surface area contributed by atoms with Crippen molar-refractivity contribution in [2.75, 3.05) is 11.9 Å². The van der Waals surface area contributed by atoms with Gasteiger partial charge in [-0.3, -0.25) is 4.79 Å². The first-order chi connectivity index (χ1) is 14.1. The lowest BCUT2D eigenvalue weighted by Crippen LogP contribution is -2.07. The molecule has 1 N–H and O–H groups in total. The van der Waals surface area contributed by atoms with Crippen LogP contribution in [0.25, 0.3) is 6.08 Å². The number of aryl methyl sites for hydroxylation is 1. The highest BCUT2D eigenvalue weighted by molar-refractivity contribution is 6.01. The van der Waals surface area contributed by atoms with E-state index in [-0.39, 0.29) is 5.91 Å². The van der Waals surface area contributed by atoms with Gasteiger partial charge in [-0.05, 0) is 54.5 Å².